The molecule has 0 N–H and O–H groups in total. The molecule has 0 amide bonds. The van der Waals surface area contributed by atoms with E-state index in [4.69, 9.17) is 0 Å². The van der Waals surface area contributed by atoms with Crippen LogP contribution in [0.15, 0.2) is 0 Å². The van der Waals surface area contributed by atoms with E-state index in [0.29, 0.717) is 0 Å². The molecule has 0 aromatic rings. The van der Waals surface area contributed by atoms with Gasteiger partial charge in [-0.2, -0.15) is 17.6 Å². The molecule has 0 aromatic heterocycles. The van der Waals surface area contributed by atoms with E-state index in [1.54, 1.807) is 0 Å². The molecule has 0 aromatic carbocycles. The molecule has 0 aliphatic rings. The van der Waals surface area contributed by atoms with Crippen molar-refractivity contribution in [2.45, 2.75) is 25.9 Å². The van der Waals surface area contributed by atoms with Gasteiger partial charge in [0, 0.05) is 0 Å². The Hall–Kier alpha value is -0.610. The predicted octanol–water partition coefficient (Wildman–Crippen LogP) is 2.46. The van der Waals surface area contributed by atoms with Crippen molar-refractivity contribution in [3.63, 3.8) is 0 Å². The second-order valence-electron chi connectivity index (χ2n) is 2.19. The molecule has 5 heteroatoms. The number of hydrogen-bond acceptors (Lipinski definition) is 1. The first-order valence-corrected chi connectivity index (χ1v) is 3.15. The normalized spacial score (nSPS) is 14.6. The fourth-order valence-electron chi connectivity index (χ4n) is 0.694. The van der Waals surface area contributed by atoms with E-state index in [1.807, 2.05) is 0 Å². The minimum Gasteiger partial charge on any atom is -0.260 e. The van der Waals surface area contributed by atoms with Crippen LogP contribution < -0.4 is 0 Å². The first-order chi connectivity index (χ1) is 4.89. The topological polar surface area (TPSA) is 17.1 Å². The van der Waals surface area contributed by atoms with Crippen molar-refractivity contribution in [3.05, 3.63) is 0 Å². The lowest BCUT2D eigenvalue weighted by Crippen LogP contribution is -2.28. The zero-order valence-corrected chi connectivity index (χ0v) is 5.91. The third-order valence-corrected chi connectivity index (χ3v) is 1.25. The summed E-state index contributed by atoms with van der Waals surface area (Å²) < 4.78 is 46.8. The van der Waals surface area contributed by atoms with Gasteiger partial charge in [-0.15, -0.1) is 0 Å². The molecule has 1 unspecified atom stereocenters. The minimum absolute atomic E-state index is 0.139. The van der Waals surface area contributed by atoms with Gasteiger partial charge >= 0.3 is 12.2 Å². The predicted molar refractivity (Wildman–Crippen MR) is 30.6 cm³/mol. The maximum atomic E-state index is 11.7. The molecule has 0 heterocycles. The lowest BCUT2D eigenvalue weighted by Gasteiger charge is -2.13. The number of carbonyl (C=O) groups is 1. The Balaban J connectivity index is 4.22. The summed E-state index contributed by atoms with van der Waals surface area (Å²) in [7, 11) is 0. The first kappa shape index (κ1) is 10.4. The Morgan fingerprint density at radius 2 is 1.91 bits per heavy atom. The molecule has 66 valence electrons. The van der Waals surface area contributed by atoms with Crippen molar-refractivity contribution < 1.29 is 22.4 Å². The molecule has 1 atom stereocenters. The molecule has 0 aliphatic carbocycles. The number of carbonyl (C=O) groups excluding carboxylic acids is 1. The summed E-state index contributed by atoms with van der Waals surface area (Å²) in [6.07, 6.45) is -5.07. The van der Waals surface area contributed by atoms with E-state index in [-0.39, 0.29) is 6.42 Å². The molecule has 0 bridgehead atoms. The molecule has 0 fully saturated rings. The zero-order chi connectivity index (χ0) is 9.07. The summed E-state index contributed by atoms with van der Waals surface area (Å²) >= 11 is 0. The second-order valence-corrected chi connectivity index (χ2v) is 2.19. The van der Waals surface area contributed by atoms with E-state index in [0.717, 1.165) is 0 Å². The number of hydrogen-bond donors (Lipinski definition) is 0. The summed E-state index contributed by atoms with van der Waals surface area (Å²) in [5.74, 6) is -2.42. The highest BCUT2D eigenvalue weighted by Crippen LogP contribution is 2.30. The van der Waals surface area contributed by atoms with Crippen LogP contribution in [0.5, 0.6) is 0 Å². The Morgan fingerprint density at radius 3 is 2.00 bits per heavy atom. The monoisotopic (exact) mass is 172 g/mol. The molecule has 0 aliphatic heterocycles. The molecule has 0 spiro atoms. The van der Waals surface area contributed by atoms with Crippen LogP contribution in [0.1, 0.15) is 19.8 Å². The van der Waals surface area contributed by atoms with Gasteiger partial charge in [-0.3, -0.25) is 4.79 Å². The maximum Gasteiger partial charge on any atom is 0.401 e. The lowest BCUT2D eigenvalue weighted by atomic mass is 10.0. The van der Waals surface area contributed by atoms with Gasteiger partial charge in [-0.05, 0) is 6.42 Å². The molecular formula is C6H8F4O. The van der Waals surface area contributed by atoms with Gasteiger partial charge in [0.1, 0.15) is 5.92 Å². The van der Waals surface area contributed by atoms with Gasteiger partial charge in [0.25, 0.3) is 0 Å². The van der Waals surface area contributed by atoms with Crippen molar-refractivity contribution in [3.8, 4) is 0 Å². The fourth-order valence-corrected chi connectivity index (χ4v) is 0.694. The van der Waals surface area contributed by atoms with Crippen molar-refractivity contribution >= 4 is 6.04 Å². The van der Waals surface area contributed by atoms with E-state index in [1.165, 1.54) is 6.92 Å². The molecular weight excluding hydrogens is 164 g/mol. The van der Waals surface area contributed by atoms with Gasteiger partial charge in [-0.25, -0.2) is 0 Å². The summed E-state index contributed by atoms with van der Waals surface area (Å²) in [4.78, 5) is 9.79. The van der Waals surface area contributed by atoms with Crippen molar-refractivity contribution in [2.24, 2.45) is 5.92 Å². The quantitative estimate of drug-likeness (QED) is 0.472. The number of rotatable bonds is 3. The van der Waals surface area contributed by atoms with E-state index >= 15 is 0 Å². The summed E-state index contributed by atoms with van der Waals surface area (Å²) in [6.45, 7) is 1.46. The van der Waals surface area contributed by atoms with Gasteiger partial charge in [0.2, 0.25) is 0 Å². The lowest BCUT2D eigenvalue weighted by molar-refractivity contribution is -0.189. The zero-order valence-electron chi connectivity index (χ0n) is 5.91. The van der Waals surface area contributed by atoms with Crippen molar-refractivity contribution in [1.29, 1.82) is 0 Å². The van der Waals surface area contributed by atoms with Gasteiger partial charge < -0.3 is 0 Å². The highest BCUT2D eigenvalue weighted by molar-refractivity contribution is 5.71. The van der Waals surface area contributed by atoms with Crippen LogP contribution in [-0.4, -0.2) is 12.2 Å². The summed E-state index contributed by atoms with van der Waals surface area (Å²) in [5.41, 5.74) is 0. The minimum atomic E-state index is -4.73. The molecule has 0 saturated carbocycles. The Bertz CT molecular complexity index is 140. The van der Waals surface area contributed by atoms with E-state index in [2.05, 4.69) is 0 Å². The average Bonchev–Trinajstić information content (AvgIpc) is 1.79. The SMILES string of the molecule is CCCC(C(=O)F)C(F)(F)F. The van der Waals surface area contributed by atoms with Crippen LogP contribution in [-0.2, 0) is 4.79 Å². The second kappa shape index (κ2) is 3.69. The maximum absolute atomic E-state index is 11.7. The van der Waals surface area contributed by atoms with Crippen LogP contribution in [0.2, 0.25) is 0 Å². The fraction of sp³-hybridized carbons (Fsp3) is 0.833. The summed E-state index contributed by atoms with van der Waals surface area (Å²) in [6, 6.07) is -2.29. The van der Waals surface area contributed by atoms with Crippen molar-refractivity contribution in [2.75, 3.05) is 0 Å². The Labute approximate surface area is 61.4 Å². The smallest absolute Gasteiger partial charge is 0.260 e. The first-order valence-electron chi connectivity index (χ1n) is 3.15. The largest absolute Gasteiger partial charge is 0.401 e. The third kappa shape index (κ3) is 3.34. The van der Waals surface area contributed by atoms with Gasteiger partial charge in [-0.1, -0.05) is 13.3 Å². The molecule has 0 rings (SSSR count). The summed E-state index contributed by atoms with van der Waals surface area (Å²) in [5, 5.41) is 0. The standard InChI is InChI=1S/C6H8F4O/c1-2-3-4(5(7)11)6(8,9)10/h4H,2-3H2,1H3. The highest BCUT2D eigenvalue weighted by Gasteiger charge is 2.44. The Kier molecular flexibility index (Phi) is 3.48. The number of halogens is 4. The average molecular weight is 172 g/mol. The van der Waals surface area contributed by atoms with Crippen LogP contribution in [0.25, 0.3) is 0 Å². The van der Waals surface area contributed by atoms with Crippen LogP contribution >= 0.6 is 0 Å². The number of alkyl halides is 3. The van der Waals surface area contributed by atoms with Gasteiger partial charge in [0.15, 0.2) is 0 Å². The van der Waals surface area contributed by atoms with Crippen molar-refractivity contribution in [1.82, 2.24) is 0 Å². The molecule has 1 nitrogen and oxygen atoms in total. The Morgan fingerprint density at radius 1 is 1.45 bits per heavy atom. The van der Waals surface area contributed by atoms with Crippen LogP contribution in [0, 0.1) is 5.92 Å². The van der Waals surface area contributed by atoms with Crippen LogP contribution in [0.4, 0.5) is 17.6 Å². The molecule has 11 heavy (non-hydrogen) atoms. The van der Waals surface area contributed by atoms with Gasteiger partial charge in [0.05, 0.1) is 0 Å². The van der Waals surface area contributed by atoms with E-state index in [9.17, 15) is 22.4 Å². The molecule has 0 radical (unpaired) electrons. The molecule has 0 saturated heterocycles. The van der Waals surface area contributed by atoms with E-state index < -0.39 is 24.6 Å². The highest BCUT2D eigenvalue weighted by atomic mass is 19.4. The van der Waals surface area contributed by atoms with Crippen LogP contribution in [0.3, 0.4) is 0 Å². The third-order valence-electron chi connectivity index (χ3n) is 1.25.